The van der Waals surface area contributed by atoms with Gasteiger partial charge in [-0.3, -0.25) is 0 Å². The Morgan fingerprint density at radius 2 is 1.70 bits per heavy atom. The fourth-order valence-electron chi connectivity index (χ4n) is 1.73. The molecule has 3 nitrogen and oxygen atoms in total. The van der Waals surface area contributed by atoms with Crippen LogP contribution < -0.4 is 5.32 Å². The summed E-state index contributed by atoms with van der Waals surface area (Å²) in [6, 6.07) is 17.2. The van der Waals surface area contributed by atoms with E-state index >= 15 is 0 Å². The van der Waals surface area contributed by atoms with Crippen molar-refractivity contribution in [3.05, 3.63) is 70.7 Å². The molecule has 1 amide bonds. The first kappa shape index (κ1) is 14.4. The van der Waals surface area contributed by atoms with Gasteiger partial charge in [-0.15, -0.1) is 0 Å². The first-order valence-electron chi connectivity index (χ1n) is 6.43. The van der Waals surface area contributed by atoms with E-state index in [4.69, 9.17) is 16.3 Å². The second kappa shape index (κ2) is 7.56. The third kappa shape index (κ3) is 4.94. The molecule has 0 unspecified atom stereocenters. The van der Waals surface area contributed by atoms with Crippen molar-refractivity contribution in [3.8, 4) is 0 Å². The predicted molar refractivity (Wildman–Crippen MR) is 79.8 cm³/mol. The lowest BCUT2D eigenvalue weighted by Gasteiger charge is -2.07. The summed E-state index contributed by atoms with van der Waals surface area (Å²) in [7, 11) is 0. The second-order valence-electron chi connectivity index (χ2n) is 4.36. The lowest BCUT2D eigenvalue weighted by molar-refractivity contribution is 0.140. The van der Waals surface area contributed by atoms with Crippen molar-refractivity contribution in [2.24, 2.45) is 0 Å². The number of hydrogen-bond acceptors (Lipinski definition) is 2. The van der Waals surface area contributed by atoms with Gasteiger partial charge in [0, 0.05) is 11.6 Å². The van der Waals surface area contributed by atoms with Gasteiger partial charge in [-0.1, -0.05) is 54.1 Å². The van der Waals surface area contributed by atoms with Crippen LogP contribution in [0.1, 0.15) is 11.1 Å². The standard InChI is InChI=1S/C16H16ClNO2/c17-15-8-6-13(7-9-15)10-11-18-16(19)20-12-14-4-2-1-3-5-14/h1-9H,10-12H2,(H,18,19). The van der Waals surface area contributed by atoms with E-state index in [1.54, 1.807) is 0 Å². The maximum absolute atomic E-state index is 11.5. The molecule has 0 aliphatic carbocycles. The Morgan fingerprint density at radius 3 is 2.40 bits per heavy atom. The number of hydrogen-bond donors (Lipinski definition) is 1. The third-order valence-corrected chi connectivity index (χ3v) is 3.06. The highest BCUT2D eigenvalue weighted by molar-refractivity contribution is 6.30. The summed E-state index contributed by atoms with van der Waals surface area (Å²) in [5.74, 6) is 0. The van der Waals surface area contributed by atoms with E-state index < -0.39 is 6.09 Å². The molecule has 2 aromatic carbocycles. The van der Waals surface area contributed by atoms with E-state index in [1.807, 2.05) is 54.6 Å². The number of benzene rings is 2. The van der Waals surface area contributed by atoms with Crippen molar-refractivity contribution in [1.82, 2.24) is 5.32 Å². The largest absolute Gasteiger partial charge is 0.445 e. The van der Waals surface area contributed by atoms with E-state index in [0.717, 1.165) is 17.5 Å². The molecule has 0 saturated heterocycles. The van der Waals surface area contributed by atoms with Crippen molar-refractivity contribution >= 4 is 17.7 Å². The summed E-state index contributed by atoms with van der Waals surface area (Å²) >= 11 is 5.81. The fourth-order valence-corrected chi connectivity index (χ4v) is 1.86. The maximum atomic E-state index is 11.5. The Labute approximate surface area is 123 Å². The molecule has 0 aromatic heterocycles. The summed E-state index contributed by atoms with van der Waals surface area (Å²) in [6.45, 7) is 0.822. The van der Waals surface area contributed by atoms with E-state index in [1.165, 1.54) is 0 Å². The molecule has 1 N–H and O–H groups in total. The number of carbonyl (C=O) groups is 1. The summed E-state index contributed by atoms with van der Waals surface area (Å²) in [5.41, 5.74) is 2.10. The highest BCUT2D eigenvalue weighted by atomic mass is 35.5. The molecule has 20 heavy (non-hydrogen) atoms. The maximum Gasteiger partial charge on any atom is 0.407 e. The highest BCUT2D eigenvalue weighted by Crippen LogP contribution is 2.09. The van der Waals surface area contributed by atoms with Crippen LogP contribution in [0, 0.1) is 0 Å². The van der Waals surface area contributed by atoms with Gasteiger partial charge in [0.15, 0.2) is 0 Å². The quantitative estimate of drug-likeness (QED) is 0.909. The van der Waals surface area contributed by atoms with Crippen molar-refractivity contribution in [3.63, 3.8) is 0 Å². The SMILES string of the molecule is O=C(NCCc1ccc(Cl)cc1)OCc1ccccc1. The van der Waals surface area contributed by atoms with Crippen LogP contribution in [0.3, 0.4) is 0 Å². The van der Waals surface area contributed by atoms with E-state index in [9.17, 15) is 4.79 Å². The van der Waals surface area contributed by atoms with Gasteiger partial charge in [-0.05, 0) is 29.7 Å². The average molecular weight is 290 g/mol. The molecule has 4 heteroatoms. The number of nitrogens with one attached hydrogen (secondary N) is 1. The molecular formula is C16H16ClNO2. The molecule has 0 heterocycles. The molecule has 0 radical (unpaired) electrons. The first-order chi connectivity index (χ1) is 9.74. The Bertz CT molecular complexity index is 540. The minimum absolute atomic E-state index is 0.285. The van der Waals surface area contributed by atoms with Crippen molar-refractivity contribution in [2.45, 2.75) is 13.0 Å². The molecule has 0 spiro atoms. The number of amides is 1. The van der Waals surface area contributed by atoms with Gasteiger partial charge in [-0.25, -0.2) is 4.79 Å². The van der Waals surface area contributed by atoms with Crippen LogP contribution in [0.25, 0.3) is 0 Å². The minimum atomic E-state index is -0.400. The molecule has 2 aromatic rings. The van der Waals surface area contributed by atoms with Crippen LogP contribution in [0.2, 0.25) is 5.02 Å². The average Bonchev–Trinajstić information content (AvgIpc) is 2.48. The van der Waals surface area contributed by atoms with Crippen molar-refractivity contribution < 1.29 is 9.53 Å². The number of rotatable bonds is 5. The van der Waals surface area contributed by atoms with Crippen molar-refractivity contribution in [1.29, 1.82) is 0 Å². The van der Waals surface area contributed by atoms with Gasteiger partial charge < -0.3 is 10.1 Å². The number of halogens is 1. The molecule has 0 aliphatic rings. The van der Waals surface area contributed by atoms with Crippen LogP contribution in [0.5, 0.6) is 0 Å². The topological polar surface area (TPSA) is 38.3 Å². The normalized spacial score (nSPS) is 10.1. The first-order valence-corrected chi connectivity index (χ1v) is 6.81. The van der Waals surface area contributed by atoms with Gasteiger partial charge in [0.05, 0.1) is 0 Å². The van der Waals surface area contributed by atoms with Gasteiger partial charge in [0.25, 0.3) is 0 Å². The molecule has 0 atom stereocenters. The highest BCUT2D eigenvalue weighted by Gasteiger charge is 2.02. The molecule has 104 valence electrons. The van der Waals surface area contributed by atoms with Gasteiger partial charge in [-0.2, -0.15) is 0 Å². The van der Waals surface area contributed by atoms with E-state index in [0.29, 0.717) is 11.6 Å². The van der Waals surface area contributed by atoms with Crippen molar-refractivity contribution in [2.75, 3.05) is 6.54 Å². The lowest BCUT2D eigenvalue weighted by Crippen LogP contribution is -2.26. The molecular weight excluding hydrogens is 274 g/mol. The summed E-state index contributed by atoms with van der Waals surface area (Å²) in [5, 5.41) is 3.43. The zero-order chi connectivity index (χ0) is 14.2. The van der Waals surface area contributed by atoms with E-state index in [2.05, 4.69) is 5.32 Å². The smallest absolute Gasteiger partial charge is 0.407 e. The molecule has 0 saturated carbocycles. The van der Waals surface area contributed by atoms with Gasteiger partial charge >= 0.3 is 6.09 Å². The van der Waals surface area contributed by atoms with Crippen LogP contribution >= 0.6 is 11.6 Å². The zero-order valence-corrected chi connectivity index (χ0v) is 11.8. The van der Waals surface area contributed by atoms with Gasteiger partial charge in [0.2, 0.25) is 0 Å². The Hall–Kier alpha value is -2.00. The number of ether oxygens (including phenoxy) is 1. The Kier molecular flexibility index (Phi) is 5.44. The number of carbonyl (C=O) groups excluding carboxylic acids is 1. The molecule has 0 fully saturated rings. The summed E-state index contributed by atoms with van der Waals surface area (Å²) in [6.07, 6.45) is 0.347. The van der Waals surface area contributed by atoms with Crippen LogP contribution in [-0.2, 0) is 17.8 Å². The summed E-state index contributed by atoms with van der Waals surface area (Å²) in [4.78, 5) is 11.5. The van der Waals surface area contributed by atoms with E-state index in [-0.39, 0.29) is 6.61 Å². The fraction of sp³-hybridized carbons (Fsp3) is 0.188. The molecule has 2 rings (SSSR count). The van der Waals surface area contributed by atoms with Crippen LogP contribution in [0.15, 0.2) is 54.6 Å². The predicted octanol–water partition coefficient (Wildman–Crippen LogP) is 3.81. The summed E-state index contributed by atoms with van der Waals surface area (Å²) < 4.78 is 5.11. The molecule has 0 aliphatic heterocycles. The number of alkyl carbamates (subject to hydrolysis) is 1. The monoisotopic (exact) mass is 289 g/mol. The Balaban J connectivity index is 1.66. The Morgan fingerprint density at radius 1 is 1.00 bits per heavy atom. The van der Waals surface area contributed by atoms with Gasteiger partial charge in [0.1, 0.15) is 6.61 Å². The zero-order valence-electron chi connectivity index (χ0n) is 11.0. The van der Waals surface area contributed by atoms with Crippen LogP contribution in [-0.4, -0.2) is 12.6 Å². The molecule has 0 bridgehead atoms. The van der Waals surface area contributed by atoms with Crippen LogP contribution in [0.4, 0.5) is 4.79 Å². The third-order valence-electron chi connectivity index (χ3n) is 2.81. The minimum Gasteiger partial charge on any atom is -0.445 e. The lowest BCUT2D eigenvalue weighted by atomic mass is 10.1. The second-order valence-corrected chi connectivity index (χ2v) is 4.80.